The quantitative estimate of drug-likeness (QED) is 0.595. The van der Waals surface area contributed by atoms with E-state index in [0.717, 1.165) is 11.3 Å². The molecule has 10 heavy (non-hydrogen) atoms. The van der Waals surface area contributed by atoms with Gasteiger partial charge in [-0.25, -0.2) is 0 Å². The van der Waals surface area contributed by atoms with Crippen molar-refractivity contribution >= 4 is 17.7 Å². The van der Waals surface area contributed by atoms with Crippen LogP contribution >= 0.6 is 11.6 Å². The van der Waals surface area contributed by atoms with Crippen molar-refractivity contribution in [3.05, 3.63) is 36.2 Å². The average Bonchev–Trinajstić information content (AvgIpc) is 2.05. The number of alkyl halides is 1. The Kier molecular flexibility index (Phi) is 2.46. The Labute approximate surface area is 65.4 Å². The number of hydrogen-bond acceptors (Lipinski definition) is 1. The molecule has 0 radical (unpaired) electrons. The van der Waals surface area contributed by atoms with E-state index in [0.29, 0.717) is 5.88 Å². The molecule has 0 spiro atoms. The fraction of sp³-hybridized carbons (Fsp3) is 0.125. The minimum atomic E-state index is 0.518. The van der Waals surface area contributed by atoms with E-state index in [1.807, 2.05) is 12.1 Å². The van der Waals surface area contributed by atoms with Crippen LogP contribution in [0.5, 0.6) is 0 Å². The summed E-state index contributed by atoms with van der Waals surface area (Å²) in [5, 5.41) is 0. The van der Waals surface area contributed by atoms with E-state index in [-0.39, 0.29) is 0 Å². The number of halogens is 1. The second kappa shape index (κ2) is 3.37. The van der Waals surface area contributed by atoms with Gasteiger partial charge in [0.25, 0.3) is 0 Å². The first-order chi connectivity index (χ1) is 4.86. The lowest BCUT2D eigenvalue weighted by Gasteiger charge is -1.93. The molecule has 0 aliphatic heterocycles. The Bertz CT molecular complexity index is 215. The van der Waals surface area contributed by atoms with Gasteiger partial charge in [-0.2, -0.15) is 0 Å². The van der Waals surface area contributed by atoms with E-state index in [2.05, 4.69) is 11.6 Å². The van der Waals surface area contributed by atoms with Crippen LogP contribution in [0.4, 0.5) is 0 Å². The SMILES string of the molecule is C=Cc1ccc(CCl)cn1. The van der Waals surface area contributed by atoms with Crippen LogP contribution in [0, 0.1) is 0 Å². The highest BCUT2D eigenvalue weighted by Gasteiger charge is 1.88. The van der Waals surface area contributed by atoms with Gasteiger partial charge in [-0.15, -0.1) is 11.6 Å². The van der Waals surface area contributed by atoms with Gasteiger partial charge in [-0.3, -0.25) is 4.98 Å². The predicted molar refractivity (Wildman–Crippen MR) is 43.9 cm³/mol. The summed E-state index contributed by atoms with van der Waals surface area (Å²) in [6, 6.07) is 3.84. The van der Waals surface area contributed by atoms with Crippen LogP contribution < -0.4 is 0 Å². The first-order valence-electron chi connectivity index (χ1n) is 3.00. The first kappa shape index (κ1) is 7.29. The van der Waals surface area contributed by atoms with E-state index in [1.54, 1.807) is 12.3 Å². The van der Waals surface area contributed by atoms with E-state index in [1.165, 1.54) is 0 Å². The Morgan fingerprint density at radius 2 is 2.40 bits per heavy atom. The lowest BCUT2D eigenvalue weighted by molar-refractivity contribution is 1.23. The van der Waals surface area contributed by atoms with Crippen molar-refractivity contribution in [1.82, 2.24) is 4.98 Å². The van der Waals surface area contributed by atoms with E-state index < -0.39 is 0 Å². The Morgan fingerprint density at radius 3 is 2.80 bits per heavy atom. The molecule has 52 valence electrons. The lowest BCUT2D eigenvalue weighted by Crippen LogP contribution is -1.82. The van der Waals surface area contributed by atoms with Gasteiger partial charge < -0.3 is 0 Å². The molecule has 0 aliphatic carbocycles. The molecule has 1 nitrogen and oxygen atoms in total. The summed E-state index contributed by atoms with van der Waals surface area (Å²) in [5.74, 6) is 0.518. The minimum absolute atomic E-state index is 0.518. The minimum Gasteiger partial charge on any atom is -0.257 e. The van der Waals surface area contributed by atoms with Gasteiger partial charge in [0.1, 0.15) is 0 Å². The highest BCUT2D eigenvalue weighted by atomic mass is 35.5. The van der Waals surface area contributed by atoms with Crippen LogP contribution in [0.25, 0.3) is 6.08 Å². The van der Waals surface area contributed by atoms with E-state index >= 15 is 0 Å². The number of nitrogens with zero attached hydrogens (tertiary/aromatic N) is 1. The molecule has 2 heteroatoms. The van der Waals surface area contributed by atoms with Crippen molar-refractivity contribution in [1.29, 1.82) is 0 Å². The van der Waals surface area contributed by atoms with Crippen LogP contribution in [0.2, 0.25) is 0 Å². The third-order valence-electron chi connectivity index (χ3n) is 1.21. The zero-order valence-corrected chi connectivity index (χ0v) is 6.30. The largest absolute Gasteiger partial charge is 0.257 e. The van der Waals surface area contributed by atoms with Crippen LogP contribution in [-0.4, -0.2) is 4.98 Å². The normalized spacial score (nSPS) is 9.30. The number of hydrogen-bond donors (Lipinski definition) is 0. The van der Waals surface area contributed by atoms with Gasteiger partial charge in [0.2, 0.25) is 0 Å². The number of aromatic nitrogens is 1. The summed E-state index contributed by atoms with van der Waals surface area (Å²) in [6.45, 7) is 3.59. The van der Waals surface area contributed by atoms with E-state index in [9.17, 15) is 0 Å². The maximum absolute atomic E-state index is 5.56. The fourth-order valence-electron chi connectivity index (χ4n) is 0.636. The molecule has 1 rings (SSSR count). The molecule has 0 aromatic carbocycles. The molecular weight excluding hydrogens is 146 g/mol. The molecule has 1 heterocycles. The van der Waals surface area contributed by atoms with Crippen LogP contribution in [0.3, 0.4) is 0 Å². The number of rotatable bonds is 2. The molecule has 0 saturated carbocycles. The van der Waals surface area contributed by atoms with Crippen molar-refractivity contribution in [3.8, 4) is 0 Å². The van der Waals surface area contributed by atoms with Crippen molar-refractivity contribution in [2.75, 3.05) is 0 Å². The third-order valence-corrected chi connectivity index (χ3v) is 1.52. The van der Waals surface area contributed by atoms with E-state index in [4.69, 9.17) is 11.6 Å². The standard InChI is InChI=1S/C8H8ClN/c1-2-8-4-3-7(5-9)6-10-8/h2-4,6H,1,5H2. The second-order valence-electron chi connectivity index (χ2n) is 1.93. The first-order valence-corrected chi connectivity index (χ1v) is 3.53. The Balaban J connectivity index is 2.90. The van der Waals surface area contributed by atoms with Crippen LogP contribution in [0.1, 0.15) is 11.3 Å². The highest BCUT2D eigenvalue weighted by Crippen LogP contribution is 2.03. The maximum atomic E-state index is 5.56. The van der Waals surface area contributed by atoms with Crippen molar-refractivity contribution in [3.63, 3.8) is 0 Å². The monoisotopic (exact) mass is 153 g/mol. The molecule has 0 amide bonds. The summed E-state index contributed by atoms with van der Waals surface area (Å²) in [5.41, 5.74) is 1.92. The highest BCUT2D eigenvalue weighted by molar-refractivity contribution is 6.17. The maximum Gasteiger partial charge on any atom is 0.0623 e. The summed E-state index contributed by atoms with van der Waals surface area (Å²) < 4.78 is 0. The fourth-order valence-corrected chi connectivity index (χ4v) is 0.794. The topological polar surface area (TPSA) is 12.9 Å². The molecule has 0 saturated heterocycles. The smallest absolute Gasteiger partial charge is 0.0623 e. The van der Waals surface area contributed by atoms with Crippen LogP contribution in [0.15, 0.2) is 24.9 Å². The Hall–Kier alpha value is -0.820. The van der Waals surface area contributed by atoms with Gasteiger partial charge in [0.15, 0.2) is 0 Å². The summed E-state index contributed by atoms with van der Waals surface area (Å²) in [7, 11) is 0. The summed E-state index contributed by atoms with van der Waals surface area (Å²) in [4.78, 5) is 4.07. The van der Waals surface area contributed by atoms with Gasteiger partial charge in [-0.05, 0) is 17.7 Å². The average molecular weight is 154 g/mol. The molecule has 0 atom stereocenters. The lowest BCUT2D eigenvalue weighted by atomic mass is 10.3. The zero-order chi connectivity index (χ0) is 7.40. The Morgan fingerprint density at radius 1 is 1.60 bits per heavy atom. The molecule has 0 fully saturated rings. The molecule has 0 bridgehead atoms. The number of pyridine rings is 1. The zero-order valence-electron chi connectivity index (χ0n) is 5.55. The van der Waals surface area contributed by atoms with Gasteiger partial charge >= 0.3 is 0 Å². The van der Waals surface area contributed by atoms with Crippen molar-refractivity contribution in [2.24, 2.45) is 0 Å². The van der Waals surface area contributed by atoms with Crippen molar-refractivity contribution in [2.45, 2.75) is 5.88 Å². The second-order valence-corrected chi connectivity index (χ2v) is 2.20. The third kappa shape index (κ3) is 1.58. The van der Waals surface area contributed by atoms with Crippen molar-refractivity contribution < 1.29 is 0 Å². The summed E-state index contributed by atoms with van der Waals surface area (Å²) in [6.07, 6.45) is 3.46. The molecular formula is C8H8ClN. The summed E-state index contributed by atoms with van der Waals surface area (Å²) >= 11 is 5.56. The molecule has 1 aromatic heterocycles. The molecule has 0 unspecified atom stereocenters. The molecule has 1 aromatic rings. The molecule has 0 N–H and O–H groups in total. The molecule has 0 aliphatic rings. The van der Waals surface area contributed by atoms with Gasteiger partial charge in [-0.1, -0.05) is 12.6 Å². The van der Waals surface area contributed by atoms with Gasteiger partial charge in [0.05, 0.1) is 5.69 Å². The van der Waals surface area contributed by atoms with Gasteiger partial charge in [0, 0.05) is 12.1 Å². The predicted octanol–water partition coefficient (Wildman–Crippen LogP) is 2.46. The van der Waals surface area contributed by atoms with Crippen LogP contribution in [-0.2, 0) is 5.88 Å².